The number of fused-ring (bicyclic) bond motifs is 1. The molecule has 0 bridgehead atoms. The van der Waals surface area contributed by atoms with Gasteiger partial charge in [0.1, 0.15) is 0 Å². The van der Waals surface area contributed by atoms with Crippen LogP contribution in [0.25, 0.3) is 0 Å². The minimum atomic E-state index is -0.0563. The summed E-state index contributed by atoms with van der Waals surface area (Å²) in [5, 5.41) is 8.97. The summed E-state index contributed by atoms with van der Waals surface area (Å²) < 4.78 is 1.98. The summed E-state index contributed by atoms with van der Waals surface area (Å²) >= 11 is 5.99. The molecule has 134 valence electrons. The van der Waals surface area contributed by atoms with E-state index in [-0.39, 0.29) is 5.91 Å². The topological polar surface area (TPSA) is 51.0 Å². The highest BCUT2D eigenvalue weighted by atomic mass is 35.5. The van der Waals surface area contributed by atoms with Crippen LogP contribution in [0.4, 0.5) is 0 Å². The third kappa shape index (κ3) is 3.71. The Labute approximate surface area is 162 Å². The maximum atomic E-state index is 12.7. The summed E-state index contributed by atoms with van der Waals surface area (Å²) in [7, 11) is 0. The van der Waals surface area contributed by atoms with Gasteiger partial charge in [-0.15, -0.1) is 10.2 Å². The van der Waals surface area contributed by atoms with Crippen LogP contribution in [0, 0.1) is 18.8 Å². The van der Waals surface area contributed by atoms with Crippen LogP contribution in [0.5, 0.6) is 0 Å². The molecule has 1 aliphatic heterocycles. The molecule has 6 heteroatoms. The van der Waals surface area contributed by atoms with E-state index in [4.69, 9.17) is 11.6 Å². The highest BCUT2D eigenvalue weighted by Gasteiger charge is 2.24. The van der Waals surface area contributed by atoms with Gasteiger partial charge in [0, 0.05) is 29.2 Å². The van der Waals surface area contributed by atoms with Crippen molar-refractivity contribution in [1.82, 2.24) is 19.7 Å². The molecule has 0 radical (unpaired) electrons. The fourth-order valence-corrected chi connectivity index (χ4v) is 3.27. The largest absolute Gasteiger partial charge is 0.329 e. The minimum absolute atomic E-state index is 0.0563. The Bertz CT molecular complexity index is 1080. The lowest BCUT2D eigenvalue weighted by atomic mass is 10.1. The number of nitrogens with zero attached hydrogens (tertiary/aromatic N) is 4. The Kier molecular flexibility index (Phi) is 4.66. The van der Waals surface area contributed by atoms with E-state index in [0.717, 1.165) is 11.4 Å². The van der Waals surface area contributed by atoms with Crippen molar-refractivity contribution in [2.45, 2.75) is 20.0 Å². The minimum Gasteiger partial charge on any atom is -0.329 e. The number of aromatic nitrogens is 3. The third-order valence-corrected chi connectivity index (χ3v) is 4.68. The number of carbonyl (C=O) groups is 1. The van der Waals surface area contributed by atoms with Gasteiger partial charge in [-0.1, -0.05) is 35.7 Å². The number of hydrogen-bond donors (Lipinski definition) is 0. The normalized spacial score (nSPS) is 12.9. The molecular weight excluding hydrogens is 360 g/mol. The summed E-state index contributed by atoms with van der Waals surface area (Å²) in [6.07, 6.45) is 0. The molecule has 4 rings (SSSR count). The highest BCUT2D eigenvalue weighted by Crippen LogP contribution is 2.17. The lowest BCUT2D eigenvalue weighted by Gasteiger charge is -2.27. The summed E-state index contributed by atoms with van der Waals surface area (Å²) in [6.45, 7) is 3.64. The molecule has 0 fully saturated rings. The van der Waals surface area contributed by atoms with Crippen LogP contribution in [0.2, 0.25) is 5.02 Å². The van der Waals surface area contributed by atoms with E-state index in [2.05, 4.69) is 22.0 Å². The van der Waals surface area contributed by atoms with Crippen LogP contribution in [0.1, 0.15) is 33.1 Å². The van der Waals surface area contributed by atoms with Gasteiger partial charge >= 0.3 is 0 Å². The van der Waals surface area contributed by atoms with Gasteiger partial charge in [-0.05, 0) is 48.7 Å². The van der Waals surface area contributed by atoms with Gasteiger partial charge in [-0.25, -0.2) is 0 Å². The van der Waals surface area contributed by atoms with Crippen molar-refractivity contribution in [2.24, 2.45) is 0 Å². The smallest absolute Gasteiger partial charge is 0.254 e. The summed E-state index contributed by atoms with van der Waals surface area (Å²) in [5.41, 5.74) is 2.69. The lowest BCUT2D eigenvalue weighted by molar-refractivity contribution is 0.0707. The van der Waals surface area contributed by atoms with Gasteiger partial charge in [0.2, 0.25) is 5.82 Å². The molecule has 5 nitrogen and oxygen atoms in total. The first-order valence-electron chi connectivity index (χ1n) is 8.66. The Morgan fingerprint density at radius 3 is 2.74 bits per heavy atom. The van der Waals surface area contributed by atoms with E-state index in [1.165, 1.54) is 5.56 Å². The maximum absolute atomic E-state index is 12.7. The predicted octanol–water partition coefficient (Wildman–Crippen LogP) is 3.30. The number of aryl methyl sites for hydroxylation is 1. The van der Waals surface area contributed by atoms with Crippen molar-refractivity contribution in [3.8, 4) is 11.8 Å². The van der Waals surface area contributed by atoms with Gasteiger partial charge < -0.3 is 9.47 Å². The Morgan fingerprint density at radius 1 is 1.07 bits per heavy atom. The molecule has 0 aliphatic carbocycles. The molecule has 1 aromatic heterocycles. The Morgan fingerprint density at radius 2 is 1.93 bits per heavy atom. The van der Waals surface area contributed by atoms with Crippen molar-refractivity contribution in [2.75, 3.05) is 6.54 Å². The second kappa shape index (κ2) is 7.26. The molecule has 27 heavy (non-hydrogen) atoms. The van der Waals surface area contributed by atoms with E-state index in [1.807, 2.05) is 35.8 Å². The molecule has 0 N–H and O–H groups in total. The number of benzene rings is 2. The SMILES string of the molecule is Cc1cccc(C#Cc2nnc3n2CCN(C(=O)c2cccc(Cl)c2)C3)c1. The van der Waals surface area contributed by atoms with Crippen LogP contribution in [0.15, 0.2) is 48.5 Å². The van der Waals surface area contributed by atoms with Crippen LogP contribution >= 0.6 is 11.6 Å². The number of carbonyl (C=O) groups excluding carboxylic acids is 1. The first kappa shape index (κ1) is 17.3. The van der Waals surface area contributed by atoms with Crippen molar-refractivity contribution in [3.05, 3.63) is 81.9 Å². The van der Waals surface area contributed by atoms with Crippen LogP contribution in [-0.2, 0) is 13.1 Å². The quantitative estimate of drug-likeness (QED) is 0.612. The van der Waals surface area contributed by atoms with Crippen LogP contribution in [0.3, 0.4) is 0 Å². The molecule has 1 amide bonds. The van der Waals surface area contributed by atoms with Crippen molar-refractivity contribution in [3.63, 3.8) is 0 Å². The Balaban J connectivity index is 1.53. The van der Waals surface area contributed by atoms with Gasteiger partial charge in [-0.3, -0.25) is 4.79 Å². The van der Waals surface area contributed by atoms with Gasteiger partial charge in [0.15, 0.2) is 5.82 Å². The molecule has 2 heterocycles. The second-order valence-electron chi connectivity index (χ2n) is 6.45. The zero-order valence-electron chi connectivity index (χ0n) is 14.8. The molecule has 3 aromatic rings. The van der Waals surface area contributed by atoms with Crippen LogP contribution < -0.4 is 0 Å². The highest BCUT2D eigenvalue weighted by molar-refractivity contribution is 6.30. The van der Waals surface area contributed by atoms with Crippen molar-refractivity contribution < 1.29 is 4.79 Å². The lowest BCUT2D eigenvalue weighted by Crippen LogP contribution is -2.38. The van der Waals surface area contributed by atoms with E-state index in [1.54, 1.807) is 29.2 Å². The summed E-state index contributed by atoms with van der Waals surface area (Å²) in [4.78, 5) is 14.5. The summed E-state index contributed by atoms with van der Waals surface area (Å²) in [5.74, 6) is 7.54. The molecule has 0 unspecified atom stereocenters. The van der Waals surface area contributed by atoms with Crippen molar-refractivity contribution in [1.29, 1.82) is 0 Å². The first-order chi connectivity index (χ1) is 13.1. The molecule has 0 atom stereocenters. The number of amides is 1. The van der Waals surface area contributed by atoms with E-state index in [0.29, 0.717) is 36.0 Å². The zero-order chi connectivity index (χ0) is 18.8. The maximum Gasteiger partial charge on any atom is 0.254 e. The van der Waals surface area contributed by atoms with E-state index in [9.17, 15) is 4.79 Å². The van der Waals surface area contributed by atoms with Crippen molar-refractivity contribution >= 4 is 17.5 Å². The Hall–Kier alpha value is -3.10. The second-order valence-corrected chi connectivity index (χ2v) is 6.88. The molecule has 1 aliphatic rings. The monoisotopic (exact) mass is 376 g/mol. The molecule has 0 saturated carbocycles. The standard InChI is InChI=1S/C21H17ClN4O/c1-15-4-2-5-16(12-15)8-9-19-23-24-20-14-25(10-11-26(19)20)21(27)17-6-3-7-18(22)13-17/h2-7,12-13H,10-11,14H2,1H3. The third-order valence-electron chi connectivity index (χ3n) is 4.45. The fourth-order valence-electron chi connectivity index (χ4n) is 3.08. The average molecular weight is 377 g/mol. The zero-order valence-corrected chi connectivity index (χ0v) is 15.6. The molecular formula is C21H17ClN4O. The average Bonchev–Trinajstić information content (AvgIpc) is 3.08. The first-order valence-corrected chi connectivity index (χ1v) is 9.03. The summed E-state index contributed by atoms with van der Waals surface area (Å²) in [6, 6.07) is 15.0. The van der Waals surface area contributed by atoms with Gasteiger partial charge in [0.25, 0.3) is 5.91 Å². The predicted molar refractivity (Wildman–Crippen MR) is 103 cm³/mol. The van der Waals surface area contributed by atoms with E-state index >= 15 is 0 Å². The van der Waals surface area contributed by atoms with E-state index < -0.39 is 0 Å². The van der Waals surface area contributed by atoms with Crippen LogP contribution in [-0.4, -0.2) is 32.1 Å². The van der Waals surface area contributed by atoms with Gasteiger partial charge in [0.05, 0.1) is 6.54 Å². The molecule has 0 saturated heterocycles. The molecule has 2 aromatic carbocycles. The number of hydrogen-bond acceptors (Lipinski definition) is 3. The number of halogens is 1. The number of rotatable bonds is 1. The van der Waals surface area contributed by atoms with Gasteiger partial charge in [-0.2, -0.15) is 0 Å². The fraction of sp³-hybridized carbons (Fsp3) is 0.190. The molecule has 0 spiro atoms.